The first-order chi connectivity index (χ1) is 22.5. The number of benzene rings is 2. The van der Waals surface area contributed by atoms with Crippen molar-refractivity contribution in [2.24, 2.45) is 5.92 Å². The Kier molecular flexibility index (Phi) is 14.9. The van der Waals surface area contributed by atoms with Gasteiger partial charge in [0.2, 0.25) is 12.3 Å². The van der Waals surface area contributed by atoms with Gasteiger partial charge in [-0.05, 0) is 72.8 Å². The lowest BCUT2D eigenvalue weighted by molar-refractivity contribution is -0.944. The van der Waals surface area contributed by atoms with Crippen LogP contribution in [0.2, 0.25) is 0 Å². The molecule has 256 valence electrons. The van der Waals surface area contributed by atoms with Gasteiger partial charge in [0.05, 0.1) is 50.8 Å². The summed E-state index contributed by atoms with van der Waals surface area (Å²) in [7, 11) is 0. The maximum atomic E-state index is 13.5. The smallest absolute Gasteiger partial charge is 0.313 e. The number of nitrogens with one attached hydrogen (secondary N) is 1. The molecule has 2 aromatic carbocycles. The molecule has 0 atom stereocenters. The summed E-state index contributed by atoms with van der Waals surface area (Å²) in [5, 5.41) is 4.49. The normalized spacial score (nSPS) is 14.4. The lowest BCUT2D eigenvalue weighted by atomic mass is 9.95. The zero-order valence-electron chi connectivity index (χ0n) is 28.2. The molecule has 0 amide bonds. The van der Waals surface area contributed by atoms with Crippen molar-refractivity contribution in [2.75, 3.05) is 51.0 Å². The highest BCUT2D eigenvalue weighted by atomic mass is 127. The molecule has 4 aromatic rings. The lowest BCUT2D eigenvalue weighted by Gasteiger charge is -2.45. The largest absolute Gasteiger partial charge is 1.00 e. The number of ether oxygens (including phenoxy) is 2. The van der Waals surface area contributed by atoms with Crippen molar-refractivity contribution in [3.63, 3.8) is 0 Å². The van der Waals surface area contributed by atoms with Gasteiger partial charge < -0.3 is 43.3 Å². The van der Waals surface area contributed by atoms with E-state index >= 15 is 0 Å². The molecule has 0 spiro atoms. The number of esters is 1. The van der Waals surface area contributed by atoms with E-state index in [1.54, 1.807) is 17.4 Å². The first-order valence-corrected chi connectivity index (χ1v) is 18.4. The fourth-order valence-electron chi connectivity index (χ4n) is 6.74. The summed E-state index contributed by atoms with van der Waals surface area (Å²) < 4.78 is 14.5. The standard InChI is InChI=1S/C38H51N3O4S.HI/c1-3-5-7-12-31(13-8-6-4-2)38(43)45-29-41(24-21-40(22-25-41)35-14-11-15-36-33(35)20-27-46-36)23-9-10-26-44-32-18-16-30-17-19-37(42)39-34(30)28-32;/h11,14-20,27-28,31H,3-10,12-13,21-26,29H2,1-2H3;1H. The molecule has 1 aliphatic rings. The number of fused-ring (bicyclic) bond motifs is 2. The third-order valence-corrected chi connectivity index (χ3v) is 10.5. The van der Waals surface area contributed by atoms with E-state index in [0.717, 1.165) is 105 Å². The number of nitrogens with zero attached hydrogens (tertiary/aromatic N) is 2. The quantitative estimate of drug-likeness (QED) is 0.0625. The molecule has 1 N–H and O–H groups in total. The molecule has 0 bridgehead atoms. The van der Waals surface area contributed by atoms with Crippen molar-refractivity contribution in [3.8, 4) is 5.75 Å². The number of halogens is 1. The van der Waals surface area contributed by atoms with Crippen molar-refractivity contribution in [2.45, 2.75) is 78.1 Å². The topological polar surface area (TPSA) is 71.6 Å². The number of pyridine rings is 1. The highest BCUT2D eigenvalue weighted by Crippen LogP contribution is 2.32. The average molecular weight is 774 g/mol. The second-order valence-corrected chi connectivity index (χ2v) is 14.0. The molecule has 0 radical (unpaired) electrons. The van der Waals surface area contributed by atoms with Crippen molar-refractivity contribution < 1.29 is 42.7 Å². The van der Waals surface area contributed by atoms with Crippen LogP contribution in [-0.2, 0) is 9.53 Å². The second kappa shape index (κ2) is 18.8. The number of aromatic nitrogens is 1. The predicted molar refractivity (Wildman–Crippen MR) is 191 cm³/mol. The number of unbranched alkanes of at least 4 members (excludes halogenated alkanes) is 5. The number of rotatable bonds is 18. The fraction of sp³-hybridized carbons (Fsp3) is 0.526. The van der Waals surface area contributed by atoms with Gasteiger partial charge in [-0.1, -0.05) is 58.4 Å². The van der Waals surface area contributed by atoms with E-state index in [9.17, 15) is 9.59 Å². The number of thiophene rings is 1. The minimum absolute atomic E-state index is 0. The minimum atomic E-state index is -0.111. The first-order valence-electron chi connectivity index (χ1n) is 17.5. The minimum Gasteiger partial charge on any atom is -1.00 e. The monoisotopic (exact) mass is 773 g/mol. The molecule has 5 rings (SSSR count). The van der Waals surface area contributed by atoms with Gasteiger partial charge in [-0.25, -0.2) is 0 Å². The van der Waals surface area contributed by atoms with E-state index in [1.165, 1.54) is 28.6 Å². The number of anilines is 1. The zero-order valence-corrected chi connectivity index (χ0v) is 31.2. The number of H-pyrrole nitrogens is 1. The first kappa shape index (κ1) is 37.2. The SMILES string of the molecule is CCCCCC(CCCCC)C(=O)OC[N+]1(CCCCOc2ccc3ccc(=O)[nH]c3c2)CCN(c2cccc3sccc23)CC1.[I-]. The number of carbonyl (C=O) groups excluding carboxylic acids is 1. The number of hydrogen-bond acceptors (Lipinski definition) is 6. The fourth-order valence-corrected chi connectivity index (χ4v) is 7.55. The van der Waals surface area contributed by atoms with E-state index in [4.69, 9.17) is 9.47 Å². The van der Waals surface area contributed by atoms with Gasteiger partial charge in [0.25, 0.3) is 0 Å². The van der Waals surface area contributed by atoms with E-state index in [-0.39, 0.29) is 41.4 Å². The summed E-state index contributed by atoms with van der Waals surface area (Å²) >= 11 is 1.79. The Hall–Kier alpha value is -2.63. The predicted octanol–water partition coefficient (Wildman–Crippen LogP) is 5.52. The Balaban J connectivity index is 0.00000500. The van der Waals surface area contributed by atoms with E-state index in [0.29, 0.717) is 13.3 Å². The Bertz CT molecular complexity index is 1590. The van der Waals surface area contributed by atoms with Crippen molar-refractivity contribution in [3.05, 3.63) is 70.3 Å². The van der Waals surface area contributed by atoms with Crippen LogP contribution in [0.5, 0.6) is 5.75 Å². The third kappa shape index (κ3) is 10.4. The molecule has 47 heavy (non-hydrogen) atoms. The van der Waals surface area contributed by atoms with Crippen LogP contribution in [0.3, 0.4) is 0 Å². The molecule has 3 heterocycles. The van der Waals surface area contributed by atoms with E-state index in [2.05, 4.69) is 53.4 Å². The van der Waals surface area contributed by atoms with Crippen LogP contribution in [0.4, 0.5) is 5.69 Å². The van der Waals surface area contributed by atoms with Crippen LogP contribution in [0.1, 0.15) is 78.1 Å². The lowest BCUT2D eigenvalue weighted by Crippen LogP contribution is -3.00. The Morgan fingerprint density at radius 3 is 2.43 bits per heavy atom. The van der Waals surface area contributed by atoms with Gasteiger partial charge in [0.15, 0.2) is 0 Å². The molecule has 2 aromatic heterocycles. The van der Waals surface area contributed by atoms with Gasteiger partial charge in [-0.15, -0.1) is 11.3 Å². The number of piperazine rings is 1. The maximum Gasteiger partial charge on any atom is 0.313 e. The maximum absolute atomic E-state index is 13.5. The summed E-state index contributed by atoms with van der Waals surface area (Å²) in [5.41, 5.74) is 1.99. The van der Waals surface area contributed by atoms with Crippen LogP contribution in [0.25, 0.3) is 21.0 Å². The molecule has 0 unspecified atom stereocenters. The summed E-state index contributed by atoms with van der Waals surface area (Å²) in [4.78, 5) is 30.6. The summed E-state index contributed by atoms with van der Waals surface area (Å²) in [6.07, 6.45) is 10.6. The van der Waals surface area contributed by atoms with Gasteiger partial charge in [0, 0.05) is 27.9 Å². The average Bonchev–Trinajstić information content (AvgIpc) is 3.56. The van der Waals surface area contributed by atoms with Crippen molar-refractivity contribution in [1.29, 1.82) is 0 Å². The molecule has 7 nitrogen and oxygen atoms in total. The Labute approximate surface area is 301 Å². The number of aromatic amines is 1. The van der Waals surface area contributed by atoms with E-state index in [1.807, 2.05) is 24.3 Å². The summed E-state index contributed by atoms with van der Waals surface area (Å²) in [6.45, 7) is 10.2. The molecule has 0 aliphatic carbocycles. The van der Waals surface area contributed by atoms with Crippen LogP contribution in [0, 0.1) is 5.92 Å². The van der Waals surface area contributed by atoms with Crippen LogP contribution >= 0.6 is 11.3 Å². The highest BCUT2D eigenvalue weighted by Gasteiger charge is 2.35. The number of quaternary nitrogens is 1. The van der Waals surface area contributed by atoms with Gasteiger partial charge in [0.1, 0.15) is 5.75 Å². The zero-order chi connectivity index (χ0) is 32.2. The molecule has 1 saturated heterocycles. The molecular weight excluding hydrogens is 721 g/mol. The molecule has 9 heteroatoms. The van der Waals surface area contributed by atoms with Crippen LogP contribution < -0.4 is 39.2 Å². The third-order valence-electron chi connectivity index (χ3n) is 9.62. The Morgan fingerprint density at radius 2 is 1.68 bits per heavy atom. The van der Waals surface area contributed by atoms with E-state index < -0.39 is 0 Å². The summed E-state index contributed by atoms with van der Waals surface area (Å²) in [5.74, 6) is 0.786. The van der Waals surface area contributed by atoms with Crippen LogP contribution in [0.15, 0.2) is 64.8 Å². The second-order valence-electron chi connectivity index (χ2n) is 13.0. The van der Waals surface area contributed by atoms with Gasteiger partial charge >= 0.3 is 5.97 Å². The van der Waals surface area contributed by atoms with Crippen molar-refractivity contribution in [1.82, 2.24) is 4.98 Å². The van der Waals surface area contributed by atoms with Gasteiger partial charge in [-0.2, -0.15) is 0 Å². The van der Waals surface area contributed by atoms with Crippen molar-refractivity contribution >= 4 is 44.0 Å². The summed E-state index contributed by atoms with van der Waals surface area (Å²) in [6, 6.07) is 18.0. The highest BCUT2D eigenvalue weighted by molar-refractivity contribution is 7.17. The molecule has 1 aliphatic heterocycles. The molecular formula is C38H52IN3O4S. The number of carbonyl (C=O) groups is 1. The van der Waals surface area contributed by atoms with Gasteiger partial charge in [-0.3, -0.25) is 14.1 Å². The molecule has 0 saturated carbocycles. The van der Waals surface area contributed by atoms with Crippen LogP contribution in [-0.4, -0.2) is 61.5 Å². The Morgan fingerprint density at radius 1 is 0.936 bits per heavy atom. The molecule has 1 fully saturated rings. The number of hydrogen-bond donors (Lipinski definition) is 1.